The molecule has 0 radical (unpaired) electrons. The molecule has 0 aliphatic carbocycles. The smallest absolute Gasteiger partial charge is 0.161 e. The Morgan fingerprint density at radius 3 is 2.63 bits per heavy atom. The molecule has 0 amide bonds. The standard InChI is InChI=1S/C15H25NO3/c1-4-16-9-13-6-7-14(15(8-13)18-5-2)19-11-12(3)10-17/h6-8,12,16-17H,4-5,9-11H2,1-3H3. The van der Waals surface area contributed by atoms with Crippen molar-refractivity contribution in [1.82, 2.24) is 5.32 Å². The maximum absolute atomic E-state index is 9.01. The summed E-state index contributed by atoms with van der Waals surface area (Å²) in [6.07, 6.45) is 0. The third-order valence-corrected chi connectivity index (χ3v) is 2.72. The van der Waals surface area contributed by atoms with Crippen LogP contribution >= 0.6 is 0 Å². The Bertz CT molecular complexity index is 368. The van der Waals surface area contributed by atoms with Crippen molar-refractivity contribution in [2.45, 2.75) is 27.3 Å². The second kappa shape index (κ2) is 8.77. The first kappa shape index (κ1) is 15.8. The minimum atomic E-state index is 0.121. The zero-order valence-corrected chi connectivity index (χ0v) is 12.1. The highest BCUT2D eigenvalue weighted by Gasteiger charge is 2.08. The molecule has 1 aromatic carbocycles. The lowest BCUT2D eigenvalue weighted by Gasteiger charge is -2.15. The maximum Gasteiger partial charge on any atom is 0.161 e. The zero-order chi connectivity index (χ0) is 14.1. The molecule has 4 nitrogen and oxygen atoms in total. The van der Waals surface area contributed by atoms with Crippen LogP contribution in [0.2, 0.25) is 0 Å². The van der Waals surface area contributed by atoms with Crippen molar-refractivity contribution in [1.29, 1.82) is 0 Å². The minimum Gasteiger partial charge on any atom is -0.490 e. The molecule has 0 bridgehead atoms. The zero-order valence-electron chi connectivity index (χ0n) is 12.1. The molecule has 0 spiro atoms. The number of hydrogen-bond donors (Lipinski definition) is 2. The number of aliphatic hydroxyl groups is 1. The van der Waals surface area contributed by atoms with E-state index in [1.807, 2.05) is 32.0 Å². The van der Waals surface area contributed by atoms with Crippen LogP contribution < -0.4 is 14.8 Å². The quantitative estimate of drug-likeness (QED) is 0.720. The van der Waals surface area contributed by atoms with Crippen molar-refractivity contribution in [3.05, 3.63) is 23.8 Å². The molecule has 1 rings (SSSR count). The molecule has 1 aromatic rings. The molecule has 0 heterocycles. The van der Waals surface area contributed by atoms with Gasteiger partial charge in [0.1, 0.15) is 0 Å². The molecular weight excluding hydrogens is 242 g/mol. The lowest BCUT2D eigenvalue weighted by molar-refractivity contribution is 0.170. The van der Waals surface area contributed by atoms with Crippen LogP contribution in [0.1, 0.15) is 26.3 Å². The van der Waals surface area contributed by atoms with Crippen molar-refractivity contribution < 1.29 is 14.6 Å². The van der Waals surface area contributed by atoms with E-state index in [-0.39, 0.29) is 12.5 Å². The molecule has 0 saturated heterocycles. The van der Waals surface area contributed by atoms with E-state index in [0.29, 0.717) is 13.2 Å². The normalized spacial score (nSPS) is 12.2. The fraction of sp³-hybridized carbons (Fsp3) is 0.600. The fourth-order valence-electron chi connectivity index (χ4n) is 1.60. The van der Waals surface area contributed by atoms with E-state index < -0.39 is 0 Å². The van der Waals surface area contributed by atoms with Gasteiger partial charge in [-0.1, -0.05) is 19.9 Å². The van der Waals surface area contributed by atoms with Crippen LogP contribution in [0.4, 0.5) is 0 Å². The summed E-state index contributed by atoms with van der Waals surface area (Å²) in [7, 11) is 0. The van der Waals surface area contributed by atoms with Gasteiger partial charge in [0.05, 0.1) is 13.2 Å². The van der Waals surface area contributed by atoms with Crippen LogP contribution in [0.3, 0.4) is 0 Å². The van der Waals surface area contributed by atoms with Gasteiger partial charge in [-0.2, -0.15) is 0 Å². The topological polar surface area (TPSA) is 50.7 Å². The summed E-state index contributed by atoms with van der Waals surface area (Å²) in [6.45, 7) is 8.97. The molecule has 0 fully saturated rings. The Morgan fingerprint density at radius 1 is 1.21 bits per heavy atom. The Morgan fingerprint density at radius 2 is 2.00 bits per heavy atom. The van der Waals surface area contributed by atoms with Gasteiger partial charge in [-0.3, -0.25) is 0 Å². The van der Waals surface area contributed by atoms with Gasteiger partial charge in [0, 0.05) is 19.1 Å². The number of nitrogens with one attached hydrogen (secondary N) is 1. The first-order valence-electron chi connectivity index (χ1n) is 6.91. The Hall–Kier alpha value is -1.26. The Labute approximate surface area is 115 Å². The Kier molecular flexibility index (Phi) is 7.30. The summed E-state index contributed by atoms with van der Waals surface area (Å²) >= 11 is 0. The van der Waals surface area contributed by atoms with E-state index in [0.717, 1.165) is 24.6 Å². The molecule has 4 heteroatoms. The van der Waals surface area contributed by atoms with E-state index in [1.165, 1.54) is 5.56 Å². The fourth-order valence-corrected chi connectivity index (χ4v) is 1.60. The van der Waals surface area contributed by atoms with Gasteiger partial charge in [-0.15, -0.1) is 0 Å². The highest BCUT2D eigenvalue weighted by molar-refractivity contribution is 5.43. The molecule has 0 aliphatic heterocycles. The van der Waals surface area contributed by atoms with E-state index in [1.54, 1.807) is 0 Å². The van der Waals surface area contributed by atoms with Crippen molar-refractivity contribution in [2.75, 3.05) is 26.4 Å². The Balaban J connectivity index is 2.72. The van der Waals surface area contributed by atoms with Gasteiger partial charge in [0.2, 0.25) is 0 Å². The van der Waals surface area contributed by atoms with Crippen LogP contribution in [0.15, 0.2) is 18.2 Å². The lowest BCUT2D eigenvalue weighted by Crippen LogP contribution is -2.14. The summed E-state index contributed by atoms with van der Waals surface area (Å²) in [5.41, 5.74) is 1.17. The van der Waals surface area contributed by atoms with Crippen LogP contribution in [0.5, 0.6) is 11.5 Å². The van der Waals surface area contributed by atoms with Crippen LogP contribution in [-0.4, -0.2) is 31.5 Å². The molecular formula is C15H25NO3. The summed E-state index contributed by atoms with van der Waals surface area (Å²) in [4.78, 5) is 0. The largest absolute Gasteiger partial charge is 0.490 e. The number of hydrogen-bond acceptors (Lipinski definition) is 4. The third kappa shape index (κ3) is 5.49. The van der Waals surface area contributed by atoms with Gasteiger partial charge >= 0.3 is 0 Å². The van der Waals surface area contributed by atoms with Gasteiger partial charge < -0.3 is 19.9 Å². The van der Waals surface area contributed by atoms with Gasteiger partial charge in [-0.25, -0.2) is 0 Å². The van der Waals surface area contributed by atoms with Crippen LogP contribution in [0.25, 0.3) is 0 Å². The number of benzene rings is 1. The first-order chi connectivity index (χ1) is 9.21. The number of rotatable bonds is 9. The predicted molar refractivity (Wildman–Crippen MR) is 76.7 cm³/mol. The average molecular weight is 267 g/mol. The van der Waals surface area contributed by atoms with Gasteiger partial charge in [-0.05, 0) is 31.2 Å². The second-order valence-corrected chi connectivity index (χ2v) is 4.59. The number of aliphatic hydroxyl groups excluding tert-OH is 1. The summed E-state index contributed by atoms with van der Waals surface area (Å²) < 4.78 is 11.3. The summed E-state index contributed by atoms with van der Waals surface area (Å²) in [5.74, 6) is 1.63. The summed E-state index contributed by atoms with van der Waals surface area (Å²) in [6, 6.07) is 5.97. The molecule has 2 N–H and O–H groups in total. The highest BCUT2D eigenvalue weighted by atomic mass is 16.5. The predicted octanol–water partition coefficient (Wildman–Crippen LogP) is 2.20. The molecule has 1 atom stereocenters. The van der Waals surface area contributed by atoms with Crippen molar-refractivity contribution in [3.63, 3.8) is 0 Å². The van der Waals surface area contributed by atoms with E-state index in [2.05, 4.69) is 12.2 Å². The molecule has 0 aliphatic rings. The SMILES string of the molecule is CCNCc1ccc(OCC(C)CO)c(OCC)c1. The average Bonchev–Trinajstić information content (AvgIpc) is 2.44. The molecule has 19 heavy (non-hydrogen) atoms. The van der Waals surface area contributed by atoms with Crippen LogP contribution in [-0.2, 0) is 6.54 Å². The van der Waals surface area contributed by atoms with Crippen LogP contribution in [0, 0.1) is 5.92 Å². The lowest BCUT2D eigenvalue weighted by atomic mass is 10.2. The third-order valence-electron chi connectivity index (χ3n) is 2.72. The van der Waals surface area contributed by atoms with E-state index >= 15 is 0 Å². The molecule has 1 unspecified atom stereocenters. The molecule has 108 valence electrons. The van der Waals surface area contributed by atoms with Crippen molar-refractivity contribution in [3.8, 4) is 11.5 Å². The summed E-state index contributed by atoms with van der Waals surface area (Å²) in [5, 5.41) is 12.3. The van der Waals surface area contributed by atoms with E-state index in [4.69, 9.17) is 14.6 Å². The van der Waals surface area contributed by atoms with E-state index in [9.17, 15) is 0 Å². The highest BCUT2D eigenvalue weighted by Crippen LogP contribution is 2.28. The van der Waals surface area contributed by atoms with Crippen molar-refractivity contribution in [2.24, 2.45) is 5.92 Å². The van der Waals surface area contributed by atoms with Gasteiger partial charge in [0.25, 0.3) is 0 Å². The number of ether oxygens (including phenoxy) is 2. The first-order valence-corrected chi connectivity index (χ1v) is 6.91. The van der Waals surface area contributed by atoms with Crippen molar-refractivity contribution >= 4 is 0 Å². The monoisotopic (exact) mass is 267 g/mol. The van der Waals surface area contributed by atoms with Gasteiger partial charge in [0.15, 0.2) is 11.5 Å². The molecule has 0 aromatic heterocycles. The second-order valence-electron chi connectivity index (χ2n) is 4.59. The maximum atomic E-state index is 9.01. The minimum absolute atomic E-state index is 0.121. The molecule has 0 saturated carbocycles.